The lowest BCUT2D eigenvalue weighted by molar-refractivity contribution is -0.128. The fourth-order valence-electron chi connectivity index (χ4n) is 1.87. The minimum Gasteiger partial charge on any atom is -0.354 e. The first-order chi connectivity index (χ1) is 8.81. The molecule has 1 N–H and O–H groups in total. The molecule has 0 rings (SSSR count). The van der Waals surface area contributed by atoms with Crippen LogP contribution in [0.4, 0.5) is 13.2 Å². The number of thioether (sulfide) groups is 1. The third-order valence-corrected chi connectivity index (χ3v) is 3.39. The smallest absolute Gasteiger partial charge is 0.354 e. The van der Waals surface area contributed by atoms with E-state index in [1.54, 1.807) is 0 Å². The molecule has 0 heterocycles. The summed E-state index contributed by atoms with van der Waals surface area (Å²) in [5.41, 5.74) is -5.39. The second-order valence-electron chi connectivity index (χ2n) is 4.24. The number of carbonyl (C=O) groups excluding carboxylic acids is 1. The van der Waals surface area contributed by atoms with Crippen LogP contribution in [0.15, 0.2) is 0 Å². The van der Waals surface area contributed by atoms with Gasteiger partial charge in [0, 0.05) is 12.3 Å². The number of rotatable bonds is 8. The number of nitrogens with zero attached hydrogens (tertiary/aromatic N) is 1. The number of nitrogens with one attached hydrogen (secondary N) is 1. The maximum absolute atomic E-state index is 12.0. The largest absolute Gasteiger partial charge is 0.441 e. The van der Waals surface area contributed by atoms with Gasteiger partial charge < -0.3 is 5.32 Å². The average Bonchev–Trinajstić information content (AvgIpc) is 2.32. The lowest BCUT2D eigenvalue weighted by Gasteiger charge is -2.24. The molecule has 110 valence electrons. The molecule has 0 radical (unpaired) electrons. The zero-order valence-electron chi connectivity index (χ0n) is 11.1. The molecule has 7 heteroatoms. The zero-order chi connectivity index (χ0) is 14.9. The predicted molar refractivity (Wildman–Crippen MR) is 69.4 cm³/mol. The lowest BCUT2D eigenvalue weighted by atomic mass is 9.80. The molecule has 0 spiro atoms. The molecule has 0 aliphatic rings. The van der Waals surface area contributed by atoms with Crippen LogP contribution in [0.3, 0.4) is 0 Å². The lowest BCUT2D eigenvalue weighted by Crippen LogP contribution is -2.41. The fourth-order valence-corrected chi connectivity index (χ4v) is 2.30. The molecule has 0 saturated carbocycles. The van der Waals surface area contributed by atoms with Crippen LogP contribution in [0.25, 0.3) is 0 Å². The average molecular weight is 296 g/mol. The van der Waals surface area contributed by atoms with Gasteiger partial charge in [0.05, 0.1) is 6.07 Å². The van der Waals surface area contributed by atoms with Crippen molar-refractivity contribution in [1.82, 2.24) is 5.32 Å². The van der Waals surface area contributed by atoms with Crippen LogP contribution in [0.5, 0.6) is 0 Å². The number of nitriles is 1. The van der Waals surface area contributed by atoms with Gasteiger partial charge in [0.2, 0.25) is 5.91 Å². The van der Waals surface area contributed by atoms with Crippen LogP contribution >= 0.6 is 11.8 Å². The Morgan fingerprint density at radius 1 is 1.26 bits per heavy atom. The molecule has 19 heavy (non-hydrogen) atoms. The first-order valence-corrected chi connectivity index (χ1v) is 7.20. The quantitative estimate of drug-likeness (QED) is 0.698. The van der Waals surface area contributed by atoms with Gasteiger partial charge in [0.15, 0.2) is 0 Å². The highest BCUT2D eigenvalue weighted by atomic mass is 32.2. The van der Waals surface area contributed by atoms with Crippen molar-refractivity contribution in [2.75, 3.05) is 12.3 Å². The third-order valence-electron chi connectivity index (χ3n) is 2.66. The second kappa shape index (κ2) is 8.31. The van der Waals surface area contributed by atoms with Crippen molar-refractivity contribution in [2.24, 2.45) is 5.41 Å². The van der Waals surface area contributed by atoms with E-state index in [0.29, 0.717) is 25.7 Å². The highest BCUT2D eigenvalue weighted by Crippen LogP contribution is 2.31. The van der Waals surface area contributed by atoms with Gasteiger partial charge in [0.1, 0.15) is 5.41 Å². The van der Waals surface area contributed by atoms with Crippen LogP contribution in [0, 0.1) is 16.7 Å². The van der Waals surface area contributed by atoms with Gasteiger partial charge in [-0.3, -0.25) is 4.79 Å². The van der Waals surface area contributed by atoms with Crippen LogP contribution < -0.4 is 5.32 Å². The number of carbonyl (C=O) groups is 1. The Kier molecular flexibility index (Phi) is 7.91. The predicted octanol–water partition coefficient (Wildman–Crippen LogP) is 3.47. The zero-order valence-corrected chi connectivity index (χ0v) is 12.0. The van der Waals surface area contributed by atoms with Gasteiger partial charge >= 0.3 is 5.51 Å². The van der Waals surface area contributed by atoms with Crippen molar-refractivity contribution >= 4 is 17.7 Å². The third kappa shape index (κ3) is 6.71. The molecule has 0 unspecified atom stereocenters. The molecule has 0 fully saturated rings. The number of amides is 1. The van der Waals surface area contributed by atoms with Crippen LogP contribution in [0.1, 0.15) is 39.5 Å². The number of halogens is 3. The van der Waals surface area contributed by atoms with Gasteiger partial charge in [-0.2, -0.15) is 18.4 Å². The summed E-state index contributed by atoms with van der Waals surface area (Å²) in [7, 11) is 0. The van der Waals surface area contributed by atoms with Gasteiger partial charge in [0.25, 0.3) is 0 Å². The molecule has 0 aromatic rings. The number of hydrogen-bond donors (Lipinski definition) is 1. The molecular weight excluding hydrogens is 277 g/mol. The first kappa shape index (κ1) is 18.1. The minimum atomic E-state index is -4.29. The second-order valence-corrected chi connectivity index (χ2v) is 5.40. The minimum absolute atomic E-state index is 0.0835. The molecule has 0 atom stereocenters. The molecule has 3 nitrogen and oxygen atoms in total. The van der Waals surface area contributed by atoms with Crippen LogP contribution in [-0.2, 0) is 4.79 Å². The standard InChI is InChI=1S/C12H19F3N2OS/c1-3-5-11(9-16,6-4-2)10(18)17-7-8-19-12(13,14)15/h3-8H2,1-2H3,(H,17,18). The molecule has 0 aliphatic heterocycles. The van der Waals surface area contributed by atoms with E-state index in [-0.39, 0.29) is 24.1 Å². The number of hydrogen-bond acceptors (Lipinski definition) is 3. The van der Waals surface area contributed by atoms with E-state index in [1.165, 1.54) is 0 Å². The summed E-state index contributed by atoms with van der Waals surface area (Å²) in [4.78, 5) is 12.0. The molecule has 0 aromatic carbocycles. The molecular formula is C12H19F3N2OS. The molecule has 0 saturated heterocycles. The first-order valence-electron chi connectivity index (χ1n) is 6.21. The van der Waals surface area contributed by atoms with Crippen molar-refractivity contribution in [1.29, 1.82) is 5.26 Å². The SMILES string of the molecule is CCCC(C#N)(CCC)C(=O)NCCSC(F)(F)F. The topological polar surface area (TPSA) is 52.9 Å². The maximum Gasteiger partial charge on any atom is 0.441 e. The summed E-state index contributed by atoms with van der Waals surface area (Å²) in [6.45, 7) is 3.66. The Balaban J connectivity index is 4.38. The fraction of sp³-hybridized carbons (Fsp3) is 0.833. The molecule has 0 aliphatic carbocycles. The highest BCUT2D eigenvalue weighted by molar-refractivity contribution is 8.00. The van der Waals surface area contributed by atoms with E-state index in [2.05, 4.69) is 5.32 Å². The molecule has 0 aromatic heterocycles. The summed E-state index contributed by atoms with van der Waals surface area (Å²) in [6, 6.07) is 2.03. The van der Waals surface area contributed by atoms with Crippen molar-refractivity contribution in [3.63, 3.8) is 0 Å². The normalized spacial score (nSPS) is 12.0. The van der Waals surface area contributed by atoms with E-state index >= 15 is 0 Å². The van der Waals surface area contributed by atoms with Crippen molar-refractivity contribution in [3.05, 3.63) is 0 Å². The Morgan fingerprint density at radius 2 is 1.79 bits per heavy atom. The van der Waals surface area contributed by atoms with Gasteiger partial charge in [-0.05, 0) is 24.6 Å². The van der Waals surface area contributed by atoms with Gasteiger partial charge in [-0.25, -0.2) is 0 Å². The monoisotopic (exact) mass is 296 g/mol. The van der Waals surface area contributed by atoms with E-state index < -0.39 is 16.8 Å². The van der Waals surface area contributed by atoms with Crippen LogP contribution in [0.2, 0.25) is 0 Å². The summed E-state index contributed by atoms with van der Waals surface area (Å²) >= 11 is -0.177. The van der Waals surface area contributed by atoms with Gasteiger partial charge in [-0.15, -0.1) is 0 Å². The van der Waals surface area contributed by atoms with Gasteiger partial charge in [-0.1, -0.05) is 26.7 Å². The highest BCUT2D eigenvalue weighted by Gasteiger charge is 2.36. The number of alkyl halides is 3. The summed E-state index contributed by atoms with van der Waals surface area (Å²) in [5.74, 6) is -0.698. The summed E-state index contributed by atoms with van der Waals surface area (Å²) in [5, 5.41) is 11.6. The maximum atomic E-state index is 12.0. The molecule has 0 bridgehead atoms. The molecule has 1 amide bonds. The van der Waals surface area contributed by atoms with E-state index in [1.807, 2.05) is 19.9 Å². The van der Waals surface area contributed by atoms with Crippen molar-refractivity contribution in [3.8, 4) is 6.07 Å². The Labute approximate surface area is 115 Å². The van der Waals surface area contributed by atoms with E-state index in [4.69, 9.17) is 0 Å². The summed E-state index contributed by atoms with van der Waals surface area (Å²) in [6.07, 6.45) is 2.21. The van der Waals surface area contributed by atoms with Crippen LogP contribution in [-0.4, -0.2) is 23.7 Å². The van der Waals surface area contributed by atoms with Crippen molar-refractivity contribution < 1.29 is 18.0 Å². The Bertz CT molecular complexity index is 320. The van der Waals surface area contributed by atoms with E-state index in [0.717, 1.165) is 0 Å². The summed E-state index contributed by atoms with van der Waals surface area (Å²) < 4.78 is 35.8. The van der Waals surface area contributed by atoms with Crippen molar-refractivity contribution in [2.45, 2.75) is 45.0 Å². The Hall–Kier alpha value is -0.900. The Morgan fingerprint density at radius 3 is 2.16 bits per heavy atom. The van der Waals surface area contributed by atoms with E-state index in [9.17, 15) is 23.2 Å².